The molecular weight excluding hydrogens is 489 g/mol. The van der Waals surface area contributed by atoms with E-state index in [0.717, 1.165) is 12.8 Å². The van der Waals surface area contributed by atoms with Gasteiger partial charge < -0.3 is 24.3 Å². The fourth-order valence-corrected chi connectivity index (χ4v) is 4.39. The minimum absolute atomic E-state index is 0.0297. The Morgan fingerprint density at radius 2 is 1.79 bits per heavy atom. The molecule has 0 saturated carbocycles. The number of nitrogens with one attached hydrogen (secondary N) is 1. The molecule has 1 N–H and O–H groups in total. The quantitative estimate of drug-likeness (QED) is 0.471. The maximum absolute atomic E-state index is 13.7. The highest BCUT2D eigenvalue weighted by Crippen LogP contribution is 2.17. The van der Waals surface area contributed by atoms with Crippen LogP contribution in [0.2, 0.25) is 0 Å². The first-order chi connectivity index (χ1) is 18.1. The minimum atomic E-state index is -0.493. The second kappa shape index (κ2) is 11.8. The number of carbonyl (C=O) groups excluding carboxylic acids is 2. The van der Waals surface area contributed by atoms with Crippen molar-refractivity contribution in [2.24, 2.45) is 0 Å². The van der Waals surface area contributed by atoms with E-state index in [9.17, 15) is 18.8 Å². The first-order valence-corrected chi connectivity index (χ1v) is 12.8. The molecule has 1 atom stereocenters. The highest BCUT2D eigenvalue weighted by Gasteiger charge is 2.28. The zero-order valence-corrected chi connectivity index (χ0v) is 22.0. The van der Waals surface area contributed by atoms with Crippen LogP contribution in [-0.4, -0.2) is 53.1 Å². The fraction of sp³-hybridized carbons (Fsp3) is 0.414. The van der Waals surface area contributed by atoms with Crippen molar-refractivity contribution < 1.29 is 23.1 Å². The van der Waals surface area contributed by atoms with Crippen LogP contribution in [0.4, 0.5) is 9.18 Å². The maximum atomic E-state index is 13.7. The predicted molar refractivity (Wildman–Crippen MR) is 142 cm³/mol. The molecular formula is C29H34FN3O5. The smallest absolute Gasteiger partial charge is 0.318 e. The lowest BCUT2D eigenvalue weighted by Gasteiger charge is -2.31. The summed E-state index contributed by atoms with van der Waals surface area (Å²) in [4.78, 5) is 43.0. The number of hydrogen-bond acceptors (Lipinski definition) is 5. The number of para-hydroxylation sites is 1. The van der Waals surface area contributed by atoms with Gasteiger partial charge in [0.2, 0.25) is 5.91 Å². The molecule has 0 bridgehead atoms. The molecule has 4 rings (SSSR count). The number of benzene rings is 2. The fourth-order valence-electron chi connectivity index (χ4n) is 4.39. The van der Waals surface area contributed by atoms with Crippen molar-refractivity contribution in [3.63, 3.8) is 0 Å². The van der Waals surface area contributed by atoms with E-state index in [1.165, 1.54) is 28.2 Å². The standard InChI is InChI=1S/C29H34FN3O5/c1-29(2,3)31-28(36)33(17-23-7-6-14-37-23)18-26(34)32(15-20-10-12-22(30)13-11-20)16-21-19-38-25-9-5-4-8-24(25)27(21)35/h4-5,8-13,19,23H,6-7,14-18H2,1-3H3,(H,31,36). The van der Waals surface area contributed by atoms with Gasteiger partial charge in [-0.2, -0.15) is 0 Å². The summed E-state index contributed by atoms with van der Waals surface area (Å²) in [5.41, 5.74) is 0.732. The predicted octanol–water partition coefficient (Wildman–Crippen LogP) is 4.45. The second-order valence-electron chi connectivity index (χ2n) is 10.7. The Hall–Kier alpha value is -3.72. The van der Waals surface area contributed by atoms with Gasteiger partial charge in [0.1, 0.15) is 17.9 Å². The van der Waals surface area contributed by atoms with Crippen molar-refractivity contribution in [3.05, 3.63) is 82.0 Å². The van der Waals surface area contributed by atoms with E-state index in [0.29, 0.717) is 28.7 Å². The summed E-state index contributed by atoms with van der Waals surface area (Å²) < 4.78 is 24.9. The molecule has 0 spiro atoms. The molecule has 2 heterocycles. The Morgan fingerprint density at radius 3 is 2.47 bits per heavy atom. The molecule has 1 aliphatic rings. The number of rotatable bonds is 8. The molecule has 0 aliphatic carbocycles. The number of amides is 3. The molecule has 1 aliphatic heterocycles. The number of halogens is 1. The number of nitrogens with zero attached hydrogens (tertiary/aromatic N) is 2. The van der Waals surface area contributed by atoms with Gasteiger partial charge in [0.25, 0.3) is 0 Å². The Balaban J connectivity index is 1.60. The van der Waals surface area contributed by atoms with Gasteiger partial charge in [-0.05, 0) is 63.4 Å². The van der Waals surface area contributed by atoms with Gasteiger partial charge in [0.05, 0.1) is 29.9 Å². The van der Waals surface area contributed by atoms with Crippen molar-refractivity contribution in [2.45, 2.75) is 58.3 Å². The van der Waals surface area contributed by atoms with Crippen LogP contribution in [0.25, 0.3) is 11.0 Å². The van der Waals surface area contributed by atoms with E-state index in [1.54, 1.807) is 36.4 Å². The van der Waals surface area contributed by atoms with E-state index in [4.69, 9.17) is 9.15 Å². The summed E-state index contributed by atoms with van der Waals surface area (Å²) in [5, 5.41) is 3.35. The van der Waals surface area contributed by atoms with Gasteiger partial charge >= 0.3 is 6.03 Å². The van der Waals surface area contributed by atoms with Gasteiger partial charge in [0.15, 0.2) is 5.43 Å². The largest absolute Gasteiger partial charge is 0.464 e. The van der Waals surface area contributed by atoms with E-state index in [2.05, 4.69) is 5.32 Å². The van der Waals surface area contributed by atoms with Crippen molar-refractivity contribution in [1.29, 1.82) is 0 Å². The highest BCUT2D eigenvalue weighted by molar-refractivity contribution is 5.84. The van der Waals surface area contributed by atoms with Crippen LogP contribution in [0.3, 0.4) is 0 Å². The van der Waals surface area contributed by atoms with Crippen LogP contribution in [0, 0.1) is 5.82 Å². The molecule has 9 heteroatoms. The third-order valence-electron chi connectivity index (χ3n) is 6.30. The van der Waals surface area contributed by atoms with Gasteiger partial charge in [-0.1, -0.05) is 24.3 Å². The SMILES string of the molecule is CC(C)(C)NC(=O)N(CC(=O)N(Cc1ccc(F)cc1)Cc1coc2ccccc2c1=O)CC1CCCO1. The number of urea groups is 1. The third-order valence-corrected chi connectivity index (χ3v) is 6.30. The molecule has 1 aromatic heterocycles. The molecule has 1 unspecified atom stereocenters. The Labute approximate surface area is 221 Å². The minimum Gasteiger partial charge on any atom is -0.464 e. The number of fused-ring (bicyclic) bond motifs is 1. The van der Waals surface area contributed by atoms with Crippen molar-refractivity contribution >= 4 is 22.9 Å². The lowest BCUT2D eigenvalue weighted by atomic mass is 10.1. The van der Waals surface area contributed by atoms with Gasteiger partial charge in [0, 0.05) is 25.2 Å². The third kappa shape index (κ3) is 7.19. The second-order valence-corrected chi connectivity index (χ2v) is 10.7. The van der Waals surface area contributed by atoms with Crippen LogP contribution in [-0.2, 0) is 22.6 Å². The summed E-state index contributed by atoms with van der Waals surface area (Å²) in [6.07, 6.45) is 2.94. The van der Waals surface area contributed by atoms with E-state index >= 15 is 0 Å². The molecule has 2 aromatic carbocycles. The molecule has 202 valence electrons. The monoisotopic (exact) mass is 523 g/mol. The number of ether oxygens (including phenoxy) is 1. The first-order valence-electron chi connectivity index (χ1n) is 12.8. The summed E-state index contributed by atoms with van der Waals surface area (Å²) in [5.74, 6) is -0.743. The average Bonchev–Trinajstić information content (AvgIpc) is 3.38. The molecule has 0 radical (unpaired) electrons. The van der Waals surface area contributed by atoms with E-state index in [1.807, 2.05) is 20.8 Å². The summed E-state index contributed by atoms with van der Waals surface area (Å²) in [6.45, 7) is 6.41. The Morgan fingerprint density at radius 1 is 1.05 bits per heavy atom. The average molecular weight is 524 g/mol. The zero-order chi connectivity index (χ0) is 27.3. The summed E-state index contributed by atoms with van der Waals surface area (Å²) >= 11 is 0. The lowest BCUT2D eigenvalue weighted by molar-refractivity contribution is -0.133. The zero-order valence-electron chi connectivity index (χ0n) is 22.0. The van der Waals surface area contributed by atoms with Gasteiger partial charge in [-0.15, -0.1) is 0 Å². The Bertz CT molecular complexity index is 1330. The van der Waals surface area contributed by atoms with Crippen LogP contribution in [0.1, 0.15) is 44.7 Å². The number of carbonyl (C=O) groups is 2. The first kappa shape index (κ1) is 27.3. The van der Waals surface area contributed by atoms with Gasteiger partial charge in [-0.25, -0.2) is 9.18 Å². The summed E-state index contributed by atoms with van der Waals surface area (Å²) in [7, 11) is 0. The van der Waals surface area contributed by atoms with Crippen LogP contribution in [0.15, 0.2) is 64.0 Å². The van der Waals surface area contributed by atoms with Gasteiger partial charge in [-0.3, -0.25) is 9.59 Å². The van der Waals surface area contributed by atoms with Crippen molar-refractivity contribution in [3.8, 4) is 0 Å². The van der Waals surface area contributed by atoms with E-state index in [-0.39, 0.29) is 55.5 Å². The highest BCUT2D eigenvalue weighted by atomic mass is 19.1. The van der Waals surface area contributed by atoms with Crippen molar-refractivity contribution in [1.82, 2.24) is 15.1 Å². The summed E-state index contributed by atoms with van der Waals surface area (Å²) in [6, 6.07) is 12.4. The number of hydrogen-bond donors (Lipinski definition) is 1. The molecule has 3 aromatic rings. The van der Waals surface area contributed by atoms with E-state index < -0.39 is 5.54 Å². The van der Waals surface area contributed by atoms with Crippen LogP contribution in [0.5, 0.6) is 0 Å². The lowest BCUT2D eigenvalue weighted by Crippen LogP contribution is -2.53. The Kier molecular flexibility index (Phi) is 8.46. The van der Waals surface area contributed by atoms with Crippen molar-refractivity contribution in [2.75, 3.05) is 19.7 Å². The molecule has 1 saturated heterocycles. The normalized spacial score (nSPS) is 15.4. The molecule has 38 heavy (non-hydrogen) atoms. The topological polar surface area (TPSA) is 92.1 Å². The molecule has 3 amide bonds. The molecule has 8 nitrogen and oxygen atoms in total. The molecule has 1 fully saturated rings. The maximum Gasteiger partial charge on any atom is 0.318 e. The van der Waals surface area contributed by atoms with Crippen LogP contribution < -0.4 is 10.7 Å². The van der Waals surface area contributed by atoms with Crippen LogP contribution >= 0.6 is 0 Å².